The summed E-state index contributed by atoms with van der Waals surface area (Å²) >= 11 is 0. The summed E-state index contributed by atoms with van der Waals surface area (Å²) in [7, 11) is 3.39. The van der Waals surface area contributed by atoms with E-state index in [9.17, 15) is 9.59 Å². The molecule has 116 valence electrons. The Morgan fingerprint density at radius 3 is 2.48 bits per heavy atom. The molecule has 0 radical (unpaired) electrons. The fraction of sp³-hybridized carbons (Fsp3) is 0.500. The number of imide groups is 1. The molecule has 0 aliphatic carbocycles. The lowest BCUT2D eigenvalue weighted by molar-refractivity contribution is -0.124. The molecule has 0 unspecified atom stereocenters. The molecule has 5 nitrogen and oxygen atoms in total. The Balaban J connectivity index is 2.24. The first-order valence-corrected chi connectivity index (χ1v) is 7.31. The Kier molecular flexibility index (Phi) is 7.46. The molecule has 0 bridgehead atoms. The van der Waals surface area contributed by atoms with E-state index < -0.39 is 6.03 Å². The first-order valence-electron chi connectivity index (χ1n) is 7.31. The topological polar surface area (TPSA) is 61.4 Å². The Labute approximate surface area is 126 Å². The largest absolute Gasteiger partial charge is 0.341 e. The van der Waals surface area contributed by atoms with Gasteiger partial charge in [0.05, 0.1) is 6.04 Å². The smallest absolute Gasteiger partial charge is 0.321 e. The van der Waals surface area contributed by atoms with Crippen LogP contribution in [-0.4, -0.2) is 43.5 Å². The SMILES string of the molecule is CNC(=O)NC(=O)[C@@H](C)N(C)CCCCc1ccccc1. The molecule has 5 heteroatoms. The Hall–Kier alpha value is -1.88. The van der Waals surface area contributed by atoms with E-state index in [4.69, 9.17) is 0 Å². The van der Waals surface area contributed by atoms with Crippen molar-refractivity contribution in [3.63, 3.8) is 0 Å². The highest BCUT2D eigenvalue weighted by Crippen LogP contribution is 2.06. The van der Waals surface area contributed by atoms with Gasteiger partial charge in [-0.15, -0.1) is 0 Å². The number of urea groups is 1. The third kappa shape index (κ3) is 6.40. The molecule has 1 atom stereocenters. The van der Waals surface area contributed by atoms with Crippen molar-refractivity contribution >= 4 is 11.9 Å². The van der Waals surface area contributed by atoms with Crippen LogP contribution < -0.4 is 10.6 Å². The van der Waals surface area contributed by atoms with Crippen LogP contribution in [0.15, 0.2) is 30.3 Å². The Bertz CT molecular complexity index is 448. The minimum absolute atomic E-state index is 0.278. The van der Waals surface area contributed by atoms with Crippen molar-refractivity contribution in [2.45, 2.75) is 32.2 Å². The second-order valence-corrected chi connectivity index (χ2v) is 5.17. The van der Waals surface area contributed by atoms with Crippen molar-refractivity contribution in [3.05, 3.63) is 35.9 Å². The van der Waals surface area contributed by atoms with Crippen molar-refractivity contribution in [1.29, 1.82) is 0 Å². The maximum atomic E-state index is 11.8. The van der Waals surface area contributed by atoms with Crippen LogP contribution in [-0.2, 0) is 11.2 Å². The normalized spacial score (nSPS) is 12.0. The van der Waals surface area contributed by atoms with E-state index in [2.05, 4.69) is 22.8 Å². The molecule has 1 aromatic rings. The number of nitrogens with zero attached hydrogens (tertiary/aromatic N) is 1. The number of benzene rings is 1. The minimum Gasteiger partial charge on any atom is -0.341 e. The van der Waals surface area contributed by atoms with Crippen LogP contribution in [0.1, 0.15) is 25.3 Å². The summed E-state index contributed by atoms with van der Waals surface area (Å²) in [6.45, 7) is 2.63. The molecule has 0 aromatic heterocycles. The zero-order chi connectivity index (χ0) is 15.7. The number of carbonyl (C=O) groups excluding carboxylic acids is 2. The fourth-order valence-electron chi connectivity index (χ4n) is 2.01. The van der Waals surface area contributed by atoms with Crippen LogP contribution in [0.4, 0.5) is 4.79 Å². The molecular weight excluding hydrogens is 266 g/mol. The summed E-state index contributed by atoms with van der Waals surface area (Å²) in [5.74, 6) is -0.278. The van der Waals surface area contributed by atoms with Gasteiger partial charge >= 0.3 is 6.03 Å². The molecule has 0 saturated carbocycles. The van der Waals surface area contributed by atoms with Gasteiger partial charge in [-0.05, 0) is 45.3 Å². The predicted molar refractivity (Wildman–Crippen MR) is 84.1 cm³/mol. The number of rotatable bonds is 7. The van der Waals surface area contributed by atoms with Gasteiger partial charge in [0.25, 0.3) is 0 Å². The molecule has 21 heavy (non-hydrogen) atoms. The van der Waals surface area contributed by atoms with E-state index in [1.807, 2.05) is 30.1 Å². The van der Waals surface area contributed by atoms with Crippen LogP contribution in [0.5, 0.6) is 0 Å². The van der Waals surface area contributed by atoms with Crippen molar-refractivity contribution < 1.29 is 9.59 Å². The number of nitrogens with one attached hydrogen (secondary N) is 2. The van der Waals surface area contributed by atoms with E-state index >= 15 is 0 Å². The highest BCUT2D eigenvalue weighted by molar-refractivity contribution is 5.96. The molecule has 0 spiro atoms. The second-order valence-electron chi connectivity index (χ2n) is 5.17. The van der Waals surface area contributed by atoms with Gasteiger partial charge in [0.2, 0.25) is 5.91 Å². The summed E-state index contributed by atoms with van der Waals surface area (Å²) < 4.78 is 0. The second kappa shape index (κ2) is 9.13. The molecule has 0 saturated heterocycles. The van der Waals surface area contributed by atoms with Gasteiger partial charge in [-0.3, -0.25) is 15.0 Å². The van der Waals surface area contributed by atoms with Crippen molar-refractivity contribution in [1.82, 2.24) is 15.5 Å². The third-order valence-electron chi connectivity index (χ3n) is 3.57. The Morgan fingerprint density at radius 1 is 1.19 bits per heavy atom. The first-order chi connectivity index (χ1) is 10.0. The van der Waals surface area contributed by atoms with E-state index in [1.54, 1.807) is 6.92 Å². The first kappa shape index (κ1) is 17.2. The molecule has 2 N–H and O–H groups in total. The lowest BCUT2D eigenvalue weighted by Crippen LogP contribution is -2.48. The molecular formula is C16H25N3O2. The molecule has 3 amide bonds. The van der Waals surface area contributed by atoms with Gasteiger partial charge in [0.15, 0.2) is 0 Å². The highest BCUT2D eigenvalue weighted by Gasteiger charge is 2.19. The predicted octanol–water partition coefficient (Wildman–Crippen LogP) is 1.79. The summed E-state index contributed by atoms with van der Waals surface area (Å²) in [5.41, 5.74) is 1.34. The molecule has 0 fully saturated rings. The summed E-state index contributed by atoms with van der Waals surface area (Å²) in [6.07, 6.45) is 3.15. The number of carbonyl (C=O) groups is 2. The summed E-state index contributed by atoms with van der Waals surface area (Å²) in [5, 5.41) is 4.67. The van der Waals surface area contributed by atoms with Crippen LogP contribution in [0, 0.1) is 0 Å². The highest BCUT2D eigenvalue weighted by atomic mass is 16.2. The van der Waals surface area contributed by atoms with E-state index in [1.165, 1.54) is 12.6 Å². The van der Waals surface area contributed by atoms with Crippen LogP contribution in [0.25, 0.3) is 0 Å². The van der Waals surface area contributed by atoms with Gasteiger partial charge < -0.3 is 5.32 Å². The number of aryl methyl sites for hydroxylation is 1. The zero-order valence-corrected chi connectivity index (χ0v) is 13.1. The molecule has 0 aliphatic heterocycles. The van der Waals surface area contributed by atoms with Gasteiger partial charge in [-0.2, -0.15) is 0 Å². The van der Waals surface area contributed by atoms with Crippen LogP contribution >= 0.6 is 0 Å². The average Bonchev–Trinajstić information content (AvgIpc) is 2.51. The summed E-state index contributed by atoms with van der Waals surface area (Å²) in [4.78, 5) is 24.9. The number of likely N-dealkylation sites (N-methyl/N-ethyl adjacent to an activating group) is 1. The van der Waals surface area contributed by atoms with Crippen LogP contribution in [0.3, 0.4) is 0 Å². The van der Waals surface area contributed by atoms with Gasteiger partial charge in [-0.25, -0.2) is 4.79 Å². The zero-order valence-electron chi connectivity index (χ0n) is 13.1. The van der Waals surface area contributed by atoms with Gasteiger partial charge in [0, 0.05) is 7.05 Å². The standard InChI is InChI=1S/C16H25N3O2/c1-13(15(20)18-16(21)17-2)19(3)12-8-7-11-14-9-5-4-6-10-14/h4-6,9-10,13H,7-8,11-12H2,1-3H3,(H2,17,18,20,21)/t13-/m1/s1. The maximum Gasteiger partial charge on any atom is 0.321 e. The third-order valence-corrected chi connectivity index (χ3v) is 3.57. The van der Waals surface area contributed by atoms with E-state index in [0.29, 0.717) is 0 Å². The number of amides is 3. The van der Waals surface area contributed by atoms with Crippen molar-refractivity contribution in [2.75, 3.05) is 20.6 Å². The molecule has 0 heterocycles. The minimum atomic E-state index is -0.468. The van der Waals surface area contributed by atoms with Crippen molar-refractivity contribution in [2.24, 2.45) is 0 Å². The number of hydrogen-bond acceptors (Lipinski definition) is 3. The fourth-order valence-corrected chi connectivity index (χ4v) is 2.01. The van der Waals surface area contributed by atoms with Crippen molar-refractivity contribution in [3.8, 4) is 0 Å². The average molecular weight is 291 g/mol. The lowest BCUT2D eigenvalue weighted by atomic mass is 10.1. The number of unbranched alkanes of at least 4 members (excludes halogenated alkanes) is 1. The number of hydrogen-bond donors (Lipinski definition) is 2. The quantitative estimate of drug-likeness (QED) is 0.753. The summed E-state index contributed by atoms with van der Waals surface area (Å²) in [6, 6.07) is 9.58. The lowest BCUT2D eigenvalue weighted by Gasteiger charge is -2.23. The van der Waals surface area contributed by atoms with Crippen LogP contribution in [0.2, 0.25) is 0 Å². The maximum absolute atomic E-state index is 11.8. The molecule has 0 aliphatic rings. The van der Waals surface area contributed by atoms with E-state index in [-0.39, 0.29) is 11.9 Å². The molecule has 1 aromatic carbocycles. The van der Waals surface area contributed by atoms with Gasteiger partial charge in [0.1, 0.15) is 0 Å². The Morgan fingerprint density at radius 2 is 1.86 bits per heavy atom. The molecule has 1 rings (SSSR count). The van der Waals surface area contributed by atoms with E-state index in [0.717, 1.165) is 25.8 Å². The monoisotopic (exact) mass is 291 g/mol. The van der Waals surface area contributed by atoms with Gasteiger partial charge in [-0.1, -0.05) is 30.3 Å².